The zero-order valence-electron chi connectivity index (χ0n) is 13.6. The van der Waals surface area contributed by atoms with Crippen molar-refractivity contribution in [1.82, 2.24) is 5.32 Å². The maximum Gasteiger partial charge on any atom is 0.252 e. The van der Waals surface area contributed by atoms with Gasteiger partial charge in [-0.25, -0.2) is 8.42 Å². The first-order valence-electron chi connectivity index (χ1n) is 7.85. The standard InChI is InChI=1S/C19H16ClNO3S2/c20-16-10-5-4-9-15(16)19(22)21-13-17(14-7-2-1-3-8-14)26(23,24)18-11-6-12-25-18/h1-12,17H,13H2,(H,21,22)/t17-/m1/s1. The first kappa shape index (κ1) is 18.6. The van der Waals surface area contributed by atoms with Gasteiger partial charge in [0.2, 0.25) is 0 Å². The zero-order chi connectivity index (χ0) is 18.6. The van der Waals surface area contributed by atoms with Gasteiger partial charge in [-0.1, -0.05) is 60.1 Å². The largest absolute Gasteiger partial charge is 0.350 e. The van der Waals surface area contributed by atoms with Crippen molar-refractivity contribution in [2.24, 2.45) is 0 Å². The van der Waals surface area contributed by atoms with Gasteiger partial charge in [-0.2, -0.15) is 0 Å². The summed E-state index contributed by atoms with van der Waals surface area (Å²) in [5.41, 5.74) is 0.940. The second kappa shape index (κ2) is 8.03. The van der Waals surface area contributed by atoms with Crippen LogP contribution >= 0.6 is 22.9 Å². The van der Waals surface area contributed by atoms with Crippen LogP contribution in [0.4, 0.5) is 0 Å². The Balaban J connectivity index is 1.88. The summed E-state index contributed by atoms with van der Waals surface area (Å²) < 4.78 is 26.4. The number of thiophene rings is 1. The van der Waals surface area contributed by atoms with Crippen molar-refractivity contribution in [3.05, 3.63) is 88.3 Å². The van der Waals surface area contributed by atoms with Crippen LogP contribution in [-0.2, 0) is 9.84 Å². The maximum absolute atomic E-state index is 13.0. The monoisotopic (exact) mass is 405 g/mol. The summed E-state index contributed by atoms with van der Waals surface area (Å²) in [5, 5.41) is 3.87. The SMILES string of the molecule is O=C(NC[C@H](c1ccccc1)S(=O)(=O)c1cccs1)c1ccccc1Cl. The minimum Gasteiger partial charge on any atom is -0.350 e. The normalized spacial score (nSPS) is 12.5. The molecule has 0 bridgehead atoms. The summed E-state index contributed by atoms with van der Waals surface area (Å²) in [6.07, 6.45) is 0. The molecule has 26 heavy (non-hydrogen) atoms. The lowest BCUT2D eigenvalue weighted by atomic mass is 10.1. The van der Waals surface area contributed by atoms with Gasteiger partial charge in [0.05, 0.1) is 10.6 Å². The third-order valence-corrected chi connectivity index (χ3v) is 7.75. The predicted octanol–water partition coefficient (Wildman–Crippen LogP) is 4.35. The number of hydrogen-bond acceptors (Lipinski definition) is 4. The lowest BCUT2D eigenvalue weighted by Gasteiger charge is -2.18. The molecule has 4 nitrogen and oxygen atoms in total. The molecule has 134 valence electrons. The number of halogens is 1. The molecular weight excluding hydrogens is 390 g/mol. The molecule has 0 saturated carbocycles. The van der Waals surface area contributed by atoms with Crippen LogP contribution in [-0.4, -0.2) is 20.9 Å². The van der Waals surface area contributed by atoms with Gasteiger partial charge in [-0.15, -0.1) is 11.3 Å². The number of hydrogen-bond donors (Lipinski definition) is 1. The summed E-state index contributed by atoms with van der Waals surface area (Å²) in [6, 6.07) is 18.8. The van der Waals surface area contributed by atoms with Crippen molar-refractivity contribution in [3.63, 3.8) is 0 Å². The summed E-state index contributed by atoms with van der Waals surface area (Å²) in [7, 11) is -3.63. The van der Waals surface area contributed by atoms with Crippen molar-refractivity contribution < 1.29 is 13.2 Å². The molecule has 0 spiro atoms. The highest BCUT2D eigenvalue weighted by Gasteiger charge is 2.30. The van der Waals surface area contributed by atoms with Crippen molar-refractivity contribution in [1.29, 1.82) is 0 Å². The molecule has 1 N–H and O–H groups in total. The van der Waals surface area contributed by atoms with E-state index in [1.54, 1.807) is 66.0 Å². The van der Waals surface area contributed by atoms with Crippen molar-refractivity contribution >= 4 is 38.7 Å². The van der Waals surface area contributed by atoms with Crippen LogP contribution in [0.3, 0.4) is 0 Å². The fourth-order valence-electron chi connectivity index (χ4n) is 2.57. The number of carbonyl (C=O) groups is 1. The van der Waals surface area contributed by atoms with Crippen LogP contribution in [0.25, 0.3) is 0 Å². The number of carbonyl (C=O) groups excluding carboxylic acids is 1. The Morgan fingerprint density at radius 3 is 2.35 bits per heavy atom. The van der Waals surface area contributed by atoms with E-state index in [-0.39, 0.29) is 10.8 Å². The lowest BCUT2D eigenvalue weighted by Crippen LogP contribution is -2.31. The van der Waals surface area contributed by atoms with Crippen molar-refractivity contribution in [2.45, 2.75) is 9.46 Å². The molecule has 0 aliphatic carbocycles. The minimum absolute atomic E-state index is 0.0473. The maximum atomic E-state index is 13.0. The van der Waals surface area contributed by atoms with Gasteiger partial charge in [-0.3, -0.25) is 4.79 Å². The molecule has 0 saturated heterocycles. The molecule has 0 aliphatic rings. The molecule has 0 radical (unpaired) electrons. The van der Waals surface area contributed by atoms with Crippen LogP contribution in [0, 0.1) is 0 Å². The highest BCUT2D eigenvalue weighted by atomic mass is 35.5. The molecule has 1 heterocycles. The summed E-state index contributed by atoms with van der Waals surface area (Å²) in [4.78, 5) is 12.4. The second-order valence-electron chi connectivity index (χ2n) is 5.57. The zero-order valence-corrected chi connectivity index (χ0v) is 16.0. The second-order valence-corrected chi connectivity index (χ2v) is 9.28. The molecule has 1 amide bonds. The molecule has 0 unspecified atom stereocenters. The van der Waals surface area contributed by atoms with Crippen LogP contribution in [0.1, 0.15) is 21.2 Å². The Morgan fingerprint density at radius 2 is 1.69 bits per heavy atom. The molecule has 3 aromatic rings. The average Bonchev–Trinajstić information content (AvgIpc) is 3.18. The minimum atomic E-state index is -3.63. The van der Waals surface area contributed by atoms with Gasteiger partial charge in [0.15, 0.2) is 9.84 Å². The summed E-state index contributed by atoms with van der Waals surface area (Å²) in [5.74, 6) is -0.405. The van der Waals surface area contributed by atoms with Gasteiger partial charge < -0.3 is 5.32 Å². The Hall–Kier alpha value is -2.15. The molecule has 2 aromatic carbocycles. The van der Waals surface area contributed by atoms with Crippen molar-refractivity contribution in [3.8, 4) is 0 Å². The Morgan fingerprint density at radius 1 is 1.00 bits per heavy atom. The highest BCUT2D eigenvalue weighted by molar-refractivity contribution is 7.93. The third kappa shape index (κ3) is 3.98. The van der Waals surface area contributed by atoms with Crippen molar-refractivity contribution in [2.75, 3.05) is 6.54 Å². The number of nitrogens with one attached hydrogen (secondary N) is 1. The molecule has 3 rings (SSSR count). The summed E-state index contributed by atoms with van der Waals surface area (Å²) >= 11 is 7.21. The molecule has 0 aliphatic heterocycles. The van der Waals surface area contributed by atoms with Gasteiger partial charge >= 0.3 is 0 Å². The molecule has 7 heteroatoms. The lowest BCUT2D eigenvalue weighted by molar-refractivity contribution is 0.0954. The Labute approximate surface area is 161 Å². The van der Waals surface area contributed by atoms with Gasteiger partial charge in [0.1, 0.15) is 9.46 Å². The highest BCUT2D eigenvalue weighted by Crippen LogP contribution is 2.31. The fourth-order valence-corrected chi connectivity index (χ4v) is 5.65. The molecule has 1 aromatic heterocycles. The Bertz CT molecular complexity index is 987. The van der Waals surface area contributed by atoms with E-state index < -0.39 is 21.0 Å². The number of rotatable bonds is 6. The topological polar surface area (TPSA) is 63.2 Å². The molecule has 1 atom stereocenters. The van der Waals surface area contributed by atoms with E-state index in [1.165, 1.54) is 0 Å². The van der Waals surface area contributed by atoms with E-state index in [0.717, 1.165) is 11.3 Å². The van der Waals surface area contributed by atoms with Crippen LogP contribution in [0.15, 0.2) is 76.3 Å². The molecular formula is C19H16ClNO3S2. The number of benzene rings is 2. The van der Waals surface area contributed by atoms with E-state index >= 15 is 0 Å². The van der Waals surface area contributed by atoms with E-state index in [4.69, 9.17) is 11.6 Å². The number of sulfone groups is 1. The van der Waals surface area contributed by atoms with E-state index in [9.17, 15) is 13.2 Å². The van der Waals surface area contributed by atoms with E-state index in [1.807, 2.05) is 6.07 Å². The first-order valence-corrected chi connectivity index (χ1v) is 10.7. The predicted molar refractivity (Wildman–Crippen MR) is 104 cm³/mol. The van der Waals surface area contributed by atoms with Gasteiger partial charge in [0, 0.05) is 6.54 Å². The third-order valence-electron chi connectivity index (χ3n) is 3.89. The summed E-state index contributed by atoms with van der Waals surface area (Å²) in [6.45, 7) is -0.0473. The average molecular weight is 406 g/mol. The molecule has 0 fully saturated rings. The number of amides is 1. The van der Waals surface area contributed by atoms with E-state index in [2.05, 4.69) is 5.32 Å². The fraction of sp³-hybridized carbons (Fsp3) is 0.105. The van der Waals surface area contributed by atoms with Crippen LogP contribution < -0.4 is 5.32 Å². The first-order chi connectivity index (χ1) is 12.5. The quantitative estimate of drug-likeness (QED) is 0.663. The smallest absolute Gasteiger partial charge is 0.252 e. The van der Waals surface area contributed by atoms with Gasteiger partial charge in [0.25, 0.3) is 5.91 Å². The Kier molecular flexibility index (Phi) is 5.76. The van der Waals surface area contributed by atoms with Crippen LogP contribution in [0.2, 0.25) is 5.02 Å². The van der Waals surface area contributed by atoms with Gasteiger partial charge in [-0.05, 0) is 29.1 Å². The van der Waals surface area contributed by atoms with Crippen LogP contribution in [0.5, 0.6) is 0 Å². The van der Waals surface area contributed by atoms with E-state index in [0.29, 0.717) is 16.1 Å².